The number of benzene rings is 5. The van der Waals surface area contributed by atoms with Crippen LogP contribution in [0.3, 0.4) is 0 Å². The van der Waals surface area contributed by atoms with Crippen molar-refractivity contribution in [1.29, 1.82) is 0 Å². The highest BCUT2D eigenvalue weighted by Gasteiger charge is 2.23. The Balaban J connectivity index is 0.000000194. The lowest BCUT2D eigenvalue weighted by Gasteiger charge is -2.10. The maximum absolute atomic E-state index is 13.1. The summed E-state index contributed by atoms with van der Waals surface area (Å²) in [5, 5.41) is 32.0. The van der Waals surface area contributed by atoms with Crippen LogP contribution in [-0.2, 0) is 67.9 Å². The van der Waals surface area contributed by atoms with Crippen molar-refractivity contribution in [1.82, 2.24) is 28.1 Å². The molecule has 8 rings (SSSR count). The summed E-state index contributed by atoms with van der Waals surface area (Å²) >= 11 is 0. The average molecular weight is 1070 g/mol. The largest absolute Gasteiger partial charge is 0.481 e. The van der Waals surface area contributed by atoms with Gasteiger partial charge in [-0.05, 0) is 98.9 Å². The Hall–Kier alpha value is -9.14. The molecule has 78 heavy (non-hydrogen) atoms. The molecule has 8 aromatic rings. The van der Waals surface area contributed by atoms with Crippen molar-refractivity contribution in [3.05, 3.63) is 211 Å². The number of ether oxygens (including phenoxy) is 2. The minimum Gasteiger partial charge on any atom is -0.481 e. The van der Waals surface area contributed by atoms with Crippen LogP contribution in [-0.4, -0.2) is 74.8 Å². The number of aliphatic hydroxyl groups excluding tert-OH is 2. The number of carbonyl (C=O) groups excluding carboxylic acids is 2. The molecular weight excluding hydrogens is 999 g/mol. The van der Waals surface area contributed by atoms with Gasteiger partial charge in [-0.15, -0.1) is 0 Å². The van der Waals surface area contributed by atoms with Crippen molar-refractivity contribution >= 4 is 35.2 Å². The van der Waals surface area contributed by atoms with Gasteiger partial charge < -0.3 is 30.5 Å². The third-order valence-electron chi connectivity index (χ3n) is 12.5. The third kappa shape index (κ3) is 15.5. The third-order valence-corrected chi connectivity index (χ3v) is 12.5. The minimum absolute atomic E-state index is 0.0391. The molecule has 0 saturated heterocycles. The van der Waals surface area contributed by atoms with E-state index in [1.807, 2.05) is 134 Å². The van der Waals surface area contributed by atoms with E-state index < -0.39 is 23.7 Å². The lowest BCUT2D eigenvalue weighted by atomic mass is 10.1. The molecule has 3 aromatic heterocycles. The zero-order valence-electron chi connectivity index (χ0n) is 44.0. The van der Waals surface area contributed by atoms with Crippen LogP contribution in [0, 0.1) is 0 Å². The molecule has 410 valence electrons. The Morgan fingerprint density at radius 1 is 0.462 bits per heavy atom. The standard InChI is InChI=1S/C22H23N3O5.C22H25N3O4.C14H19N3O2/c1-24-18(13-8-14-19(26)27)20(21(28)25(24)17-11-6-3-7-12-17)23-22(29)30-15-16-9-4-2-5-10-16;1-24-19(14-8-9-15-26)20(21(27)25(24)18-12-6-3-7-13-18)23-22(28)29-16-17-10-4-2-5-11-17;1-16-12(9-5-6-10-18)13(15)14(19)17(16)11-7-3-2-4-8-11/h2-7,9-12H,8,13-15H2,1H3,(H,23,29)(H,26,27);2-7,10-13,26H,8-9,14-16H2,1H3,(H,23,28);2-4,7-8,18H,5-6,9-10,15H2,1H3. The van der Waals surface area contributed by atoms with E-state index in [0.29, 0.717) is 73.4 Å². The van der Waals surface area contributed by atoms with E-state index in [4.69, 9.17) is 30.5 Å². The predicted molar refractivity (Wildman–Crippen MR) is 299 cm³/mol. The summed E-state index contributed by atoms with van der Waals surface area (Å²) < 4.78 is 20.2. The molecule has 0 spiro atoms. The molecule has 0 aliphatic carbocycles. The van der Waals surface area contributed by atoms with Crippen LogP contribution in [0.15, 0.2) is 166 Å². The number of rotatable bonds is 21. The van der Waals surface area contributed by atoms with Gasteiger partial charge in [-0.1, -0.05) is 115 Å². The van der Waals surface area contributed by atoms with Crippen LogP contribution in [0.2, 0.25) is 0 Å². The monoisotopic (exact) mass is 1070 g/mol. The summed E-state index contributed by atoms with van der Waals surface area (Å²) in [6.45, 7) is 0.426. The number of hydrogen-bond donors (Lipinski definition) is 6. The number of nitrogens with one attached hydrogen (secondary N) is 2. The molecule has 0 fully saturated rings. The predicted octanol–water partition coefficient (Wildman–Crippen LogP) is 7.64. The normalized spacial score (nSPS) is 10.7. The van der Waals surface area contributed by atoms with Gasteiger partial charge in [0.25, 0.3) is 16.7 Å². The van der Waals surface area contributed by atoms with E-state index in [1.54, 1.807) is 57.1 Å². The van der Waals surface area contributed by atoms with Crippen LogP contribution in [0.4, 0.5) is 26.7 Å². The highest BCUT2D eigenvalue weighted by Crippen LogP contribution is 2.21. The van der Waals surface area contributed by atoms with Gasteiger partial charge in [0, 0.05) is 40.8 Å². The summed E-state index contributed by atoms with van der Waals surface area (Å²) in [5.41, 5.74) is 11.4. The maximum atomic E-state index is 13.1. The number of para-hydroxylation sites is 3. The fourth-order valence-corrected chi connectivity index (χ4v) is 8.60. The van der Waals surface area contributed by atoms with Crippen molar-refractivity contribution in [2.75, 3.05) is 29.6 Å². The molecule has 7 N–H and O–H groups in total. The zero-order chi connectivity index (χ0) is 56.0. The van der Waals surface area contributed by atoms with E-state index in [9.17, 15) is 28.8 Å². The van der Waals surface area contributed by atoms with E-state index in [-0.39, 0.29) is 55.3 Å². The number of carbonyl (C=O) groups is 3. The van der Waals surface area contributed by atoms with Crippen molar-refractivity contribution in [2.45, 2.75) is 71.0 Å². The van der Waals surface area contributed by atoms with Gasteiger partial charge >= 0.3 is 18.2 Å². The van der Waals surface area contributed by atoms with Crippen LogP contribution in [0.5, 0.6) is 0 Å². The smallest absolute Gasteiger partial charge is 0.412 e. The van der Waals surface area contributed by atoms with Gasteiger partial charge in [-0.2, -0.15) is 0 Å². The van der Waals surface area contributed by atoms with Crippen LogP contribution in [0.25, 0.3) is 17.1 Å². The van der Waals surface area contributed by atoms with Gasteiger partial charge in [0.15, 0.2) is 0 Å². The summed E-state index contributed by atoms with van der Waals surface area (Å²) in [6, 6.07) is 46.2. The number of aliphatic carboxylic acids is 1. The van der Waals surface area contributed by atoms with E-state index in [1.165, 1.54) is 9.36 Å². The number of aliphatic hydroxyl groups is 2. The van der Waals surface area contributed by atoms with Crippen molar-refractivity contribution < 1.29 is 39.2 Å². The highest BCUT2D eigenvalue weighted by atomic mass is 16.6. The Kier molecular flexibility index (Phi) is 21.8. The first kappa shape index (κ1) is 58.1. The van der Waals surface area contributed by atoms with E-state index in [0.717, 1.165) is 28.9 Å². The number of carboxylic acids is 1. The molecule has 3 heterocycles. The second-order valence-corrected chi connectivity index (χ2v) is 17.9. The summed E-state index contributed by atoms with van der Waals surface area (Å²) in [6.07, 6.45) is 3.24. The Morgan fingerprint density at radius 2 is 0.782 bits per heavy atom. The first-order chi connectivity index (χ1) is 37.7. The molecule has 0 aliphatic heterocycles. The van der Waals surface area contributed by atoms with E-state index in [2.05, 4.69) is 10.6 Å². The zero-order valence-corrected chi connectivity index (χ0v) is 44.0. The molecular formula is C58H67N9O11. The molecule has 0 unspecified atom stereocenters. The average Bonchev–Trinajstić information content (AvgIpc) is 4.05. The minimum atomic E-state index is -0.917. The molecule has 20 heteroatoms. The summed E-state index contributed by atoms with van der Waals surface area (Å²) in [4.78, 5) is 73.9. The summed E-state index contributed by atoms with van der Waals surface area (Å²) in [5.74, 6) is -0.917. The molecule has 0 aliphatic rings. The second-order valence-electron chi connectivity index (χ2n) is 17.9. The SMILES string of the molecule is Cn1c(CCCC(=O)O)c(NC(=O)OCc2ccccc2)c(=O)n1-c1ccccc1.Cn1c(CCCCO)c(N)c(=O)n1-c1ccccc1.Cn1c(CCCCO)c(NC(=O)OCc2ccccc2)c(=O)n1-c1ccccc1. The maximum Gasteiger partial charge on any atom is 0.412 e. The Morgan fingerprint density at radius 3 is 1.14 bits per heavy atom. The van der Waals surface area contributed by atoms with Gasteiger partial charge in [0.05, 0.1) is 34.1 Å². The molecule has 0 bridgehead atoms. The Bertz CT molecular complexity index is 3370. The van der Waals surface area contributed by atoms with Gasteiger partial charge in [-0.3, -0.25) is 43.9 Å². The van der Waals surface area contributed by atoms with Gasteiger partial charge in [0.1, 0.15) is 30.3 Å². The van der Waals surface area contributed by atoms with Crippen molar-refractivity contribution in [3.63, 3.8) is 0 Å². The van der Waals surface area contributed by atoms with Gasteiger partial charge in [-0.25, -0.2) is 23.6 Å². The number of nitrogen functional groups attached to an aromatic ring is 1. The second kappa shape index (κ2) is 29.2. The molecule has 0 atom stereocenters. The Labute approximate surface area is 450 Å². The molecule has 20 nitrogen and oxygen atoms in total. The van der Waals surface area contributed by atoms with Crippen LogP contribution in [0.1, 0.15) is 66.7 Å². The number of unbranched alkanes of at least 4 members (excludes halogenated alkanes) is 2. The molecule has 0 radical (unpaired) electrons. The first-order valence-corrected chi connectivity index (χ1v) is 25.5. The van der Waals surface area contributed by atoms with Crippen molar-refractivity contribution in [2.24, 2.45) is 21.1 Å². The molecule has 0 saturated carbocycles. The highest BCUT2D eigenvalue weighted by molar-refractivity contribution is 5.86. The van der Waals surface area contributed by atoms with Crippen LogP contribution >= 0.6 is 0 Å². The molecule has 2 amide bonds. The number of aromatic nitrogens is 6. The number of nitrogens with zero attached hydrogens (tertiary/aromatic N) is 6. The van der Waals surface area contributed by atoms with Gasteiger partial charge in [0.2, 0.25) is 0 Å². The first-order valence-electron chi connectivity index (χ1n) is 25.5. The lowest BCUT2D eigenvalue weighted by Crippen LogP contribution is -2.23. The lowest BCUT2D eigenvalue weighted by molar-refractivity contribution is -0.137. The van der Waals surface area contributed by atoms with Crippen molar-refractivity contribution in [3.8, 4) is 17.1 Å². The quantitative estimate of drug-likeness (QED) is 0.0379. The molecule has 5 aromatic carbocycles. The number of anilines is 3. The summed E-state index contributed by atoms with van der Waals surface area (Å²) in [7, 11) is 5.31. The number of hydrogen-bond acceptors (Lipinski definition) is 11. The topological polar surface area (TPSA) is 261 Å². The van der Waals surface area contributed by atoms with Crippen LogP contribution < -0.4 is 33.0 Å². The fourth-order valence-electron chi connectivity index (χ4n) is 8.60. The number of amides is 2. The fraction of sp³-hybridized carbons (Fsp3) is 0.276. The van der Waals surface area contributed by atoms with E-state index >= 15 is 0 Å². The number of carboxylic acid groups (broad SMARTS) is 1. The number of nitrogens with two attached hydrogens (primary N) is 1.